The number of nitro benzene ring substituents is 1. The first kappa shape index (κ1) is 12.6. The van der Waals surface area contributed by atoms with Gasteiger partial charge in [-0.3, -0.25) is 10.1 Å². The highest BCUT2D eigenvalue weighted by molar-refractivity contribution is 5.93. The summed E-state index contributed by atoms with van der Waals surface area (Å²) in [7, 11) is 0. The molecule has 0 spiro atoms. The first-order valence-electron chi connectivity index (χ1n) is 6.23. The van der Waals surface area contributed by atoms with Gasteiger partial charge in [-0.1, -0.05) is 13.3 Å². The van der Waals surface area contributed by atoms with E-state index in [0.29, 0.717) is 0 Å². The third kappa shape index (κ3) is 1.78. The fourth-order valence-electron chi connectivity index (χ4n) is 2.64. The predicted octanol–water partition coefficient (Wildman–Crippen LogP) is 3.95. The molecule has 1 aromatic heterocycles. The van der Waals surface area contributed by atoms with E-state index in [2.05, 4.69) is 11.9 Å². The molecule has 0 unspecified atom stereocenters. The van der Waals surface area contributed by atoms with Crippen molar-refractivity contribution in [2.24, 2.45) is 0 Å². The number of rotatable bonds is 3. The van der Waals surface area contributed by atoms with Crippen molar-refractivity contribution in [2.75, 3.05) is 0 Å². The van der Waals surface area contributed by atoms with E-state index in [0.717, 1.165) is 40.6 Å². The lowest BCUT2D eigenvalue weighted by Crippen LogP contribution is -1.95. The van der Waals surface area contributed by atoms with Gasteiger partial charge in [0, 0.05) is 28.2 Å². The minimum Gasteiger partial charge on any atom is -0.358 e. The van der Waals surface area contributed by atoms with Gasteiger partial charge in [0.1, 0.15) is 0 Å². The monoisotopic (exact) mass is 246 g/mol. The molecular formula is C14H18N2O2. The number of hydrogen-bond donors (Lipinski definition) is 1. The van der Waals surface area contributed by atoms with Gasteiger partial charge in [-0.15, -0.1) is 0 Å². The molecule has 0 atom stereocenters. The van der Waals surface area contributed by atoms with Crippen molar-refractivity contribution >= 4 is 16.6 Å². The molecule has 0 saturated carbocycles. The third-order valence-corrected chi connectivity index (χ3v) is 3.52. The van der Waals surface area contributed by atoms with E-state index >= 15 is 0 Å². The molecule has 1 aromatic carbocycles. The molecule has 18 heavy (non-hydrogen) atoms. The number of nitrogens with zero attached hydrogens (tertiary/aromatic N) is 1. The standard InChI is InChI=1S/C14H18N2O2/c1-5-6-11-10(4)15-14-8(2)7-12(16(17)18)9(3)13(11)14/h7,15H,5-6H2,1-4H3. The molecule has 0 bridgehead atoms. The number of aromatic amines is 1. The van der Waals surface area contributed by atoms with Gasteiger partial charge in [0.25, 0.3) is 5.69 Å². The minimum absolute atomic E-state index is 0.219. The Kier molecular flexibility index (Phi) is 3.11. The van der Waals surface area contributed by atoms with Crippen LogP contribution in [0.2, 0.25) is 0 Å². The molecule has 2 aromatic rings. The van der Waals surface area contributed by atoms with Crippen LogP contribution in [0.25, 0.3) is 10.9 Å². The maximum atomic E-state index is 11.1. The van der Waals surface area contributed by atoms with Crippen LogP contribution in [0.3, 0.4) is 0 Å². The summed E-state index contributed by atoms with van der Waals surface area (Å²) in [4.78, 5) is 14.2. The summed E-state index contributed by atoms with van der Waals surface area (Å²) in [5.41, 5.74) is 5.31. The summed E-state index contributed by atoms with van der Waals surface area (Å²) in [5, 5.41) is 12.1. The lowest BCUT2D eigenvalue weighted by Gasteiger charge is -2.05. The Morgan fingerprint density at radius 2 is 2.00 bits per heavy atom. The van der Waals surface area contributed by atoms with Crippen LogP contribution in [0, 0.1) is 30.9 Å². The van der Waals surface area contributed by atoms with Gasteiger partial charge in [-0.2, -0.15) is 0 Å². The van der Waals surface area contributed by atoms with Crippen molar-refractivity contribution < 1.29 is 4.92 Å². The van der Waals surface area contributed by atoms with Crippen molar-refractivity contribution in [3.05, 3.63) is 38.6 Å². The normalized spacial score (nSPS) is 11.1. The largest absolute Gasteiger partial charge is 0.358 e. The van der Waals surface area contributed by atoms with Gasteiger partial charge in [0.2, 0.25) is 0 Å². The van der Waals surface area contributed by atoms with E-state index in [-0.39, 0.29) is 10.6 Å². The second kappa shape index (κ2) is 4.44. The van der Waals surface area contributed by atoms with Crippen molar-refractivity contribution in [1.82, 2.24) is 4.98 Å². The highest BCUT2D eigenvalue weighted by Gasteiger charge is 2.20. The van der Waals surface area contributed by atoms with E-state index in [1.165, 1.54) is 5.56 Å². The zero-order valence-corrected chi connectivity index (χ0v) is 11.3. The number of nitro groups is 1. The van der Waals surface area contributed by atoms with Gasteiger partial charge in [0.05, 0.1) is 4.92 Å². The highest BCUT2D eigenvalue weighted by atomic mass is 16.6. The zero-order chi connectivity index (χ0) is 13.4. The van der Waals surface area contributed by atoms with Crippen LogP contribution in [-0.2, 0) is 6.42 Å². The Labute approximate surface area is 106 Å². The van der Waals surface area contributed by atoms with E-state index in [9.17, 15) is 10.1 Å². The molecule has 96 valence electrons. The second-order valence-electron chi connectivity index (χ2n) is 4.82. The molecular weight excluding hydrogens is 228 g/mol. The van der Waals surface area contributed by atoms with Crippen LogP contribution < -0.4 is 0 Å². The maximum Gasteiger partial charge on any atom is 0.273 e. The lowest BCUT2D eigenvalue weighted by molar-refractivity contribution is -0.385. The third-order valence-electron chi connectivity index (χ3n) is 3.52. The van der Waals surface area contributed by atoms with Crippen LogP contribution in [-0.4, -0.2) is 9.91 Å². The Hall–Kier alpha value is -1.84. The molecule has 2 rings (SSSR count). The number of hydrogen-bond acceptors (Lipinski definition) is 2. The number of benzene rings is 1. The van der Waals surface area contributed by atoms with E-state index in [1.807, 2.05) is 20.8 Å². The van der Waals surface area contributed by atoms with Crippen LogP contribution in [0.1, 0.15) is 35.7 Å². The minimum atomic E-state index is -0.292. The maximum absolute atomic E-state index is 11.1. The topological polar surface area (TPSA) is 58.9 Å². The fraction of sp³-hybridized carbons (Fsp3) is 0.429. The Bertz CT molecular complexity index is 626. The van der Waals surface area contributed by atoms with Crippen LogP contribution in [0.15, 0.2) is 6.07 Å². The van der Waals surface area contributed by atoms with Crippen LogP contribution in [0.5, 0.6) is 0 Å². The first-order valence-corrected chi connectivity index (χ1v) is 6.23. The highest BCUT2D eigenvalue weighted by Crippen LogP contribution is 2.34. The number of nitrogens with one attached hydrogen (secondary N) is 1. The van der Waals surface area contributed by atoms with Crippen molar-refractivity contribution in [3.8, 4) is 0 Å². The Balaban J connectivity index is 2.87. The number of H-pyrrole nitrogens is 1. The fourth-order valence-corrected chi connectivity index (χ4v) is 2.64. The van der Waals surface area contributed by atoms with Crippen molar-refractivity contribution in [1.29, 1.82) is 0 Å². The van der Waals surface area contributed by atoms with Gasteiger partial charge < -0.3 is 4.98 Å². The van der Waals surface area contributed by atoms with Gasteiger partial charge >= 0.3 is 0 Å². The average Bonchev–Trinajstić information content (AvgIpc) is 2.62. The zero-order valence-electron chi connectivity index (χ0n) is 11.3. The molecule has 1 N–H and O–H groups in total. The van der Waals surface area contributed by atoms with E-state index in [4.69, 9.17) is 0 Å². The molecule has 0 aliphatic heterocycles. The molecule has 1 heterocycles. The molecule has 4 nitrogen and oxygen atoms in total. The SMILES string of the molecule is CCCc1c(C)[nH]c2c(C)cc([N+](=O)[O-])c(C)c12. The van der Waals surface area contributed by atoms with Gasteiger partial charge in [-0.25, -0.2) is 0 Å². The summed E-state index contributed by atoms with van der Waals surface area (Å²) in [6.45, 7) is 7.92. The smallest absolute Gasteiger partial charge is 0.273 e. The lowest BCUT2D eigenvalue weighted by atomic mass is 9.99. The van der Waals surface area contributed by atoms with Crippen molar-refractivity contribution in [2.45, 2.75) is 40.5 Å². The number of aromatic nitrogens is 1. The predicted molar refractivity (Wildman–Crippen MR) is 73.2 cm³/mol. The number of aryl methyl sites for hydroxylation is 4. The molecule has 0 amide bonds. The molecule has 0 aliphatic rings. The summed E-state index contributed by atoms with van der Waals surface area (Å²) in [6, 6.07) is 1.66. The summed E-state index contributed by atoms with van der Waals surface area (Å²) in [5.74, 6) is 0. The summed E-state index contributed by atoms with van der Waals surface area (Å²) >= 11 is 0. The summed E-state index contributed by atoms with van der Waals surface area (Å²) in [6.07, 6.45) is 1.99. The second-order valence-corrected chi connectivity index (χ2v) is 4.82. The quantitative estimate of drug-likeness (QED) is 0.658. The van der Waals surface area contributed by atoms with E-state index < -0.39 is 0 Å². The molecule has 4 heteroatoms. The van der Waals surface area contributed by atoms with Crippen molar-refractivity contribution in [3.63, 3.8) is 0 Å². The van der Waals surface area contributed by atoms with E-state index in [1.54, 1.807) is 6.07 Å². The molecule has 0 aliphatic carbocycles. The Morgan fingerprint density at radius 3 is 2.56 bits per heavy atom. The average molecular weight is 246 g/mol. The summed E-state index contributed by atoms with van der Waals surface area (Å²) < 4.78 is 0. The van der Waals surface area contributed by atoms with Gasteiger partial charge in [0.15, 0.2) is 0 Å². The van der Waals surface area contributed by atoms with Crippen LogP contribution >= 0.6 is 0 Å². The first-order chi connectivity index (χ1) is 8.47. The number of fused-ring (bicyclic) bond motifs is 1. The Morgan fingerprint density at radius 1 is 1.33 bits per heavy atom. The van der Waals surface area contributed by atoms with Crippen LogP contribution in [0.4, 0.5) is 5.69 Å². The molecule has 0 radical (unpaired) electrons. The molecule has 0 saturated heterocycles. The van der Waals surface area contributed by atoms with Gasteiger partial charge in [-0.05, 0) is 38.3 Å². The molecule has 0 fully saturated rings.